The zero-order chi connectivity index (χ0) is 12.4. The summed E-state index contributed by atoms with van der Waals surface area (Å²) in [6, 6.07) is 0. The molecule has 0 fully saturated rings. The molecule has 0 aromatic rings. The van der Waals surface area contributed by atoms with Gasteiger partial charge < -0.3 is 0 Å². The van der Waals surface area contributed by atoms with E-state index in [1.807, 2.05) is 12.2 Å². The maximum Gasteiger partial charge on any atom is 0.194 e. The number of carbonyl (C=O) groups is 2. The minimum absolute atomic E-state index is 0.160. The van der Waals surface area contributed by atoms with E-state index in [2.05, 4.69) is 13.2 Å². The molecule has 2 aliphatic carbocycles. The van der Waals surface area contributed by atoms with Crippen LogP contribution in [0.2, 0.25) is 0 Å². The van der Waals surface area contributed by atoms with E-state index in [4.69, 9.17) is 0 Å². The fraction of sp³-hybridized carbons (Fsp3) is 0.0667. The van der Waals surface area contributed by atoms with Crippen molar-refractivity contribution in [3.05, 3.63) is 71.9 Å². The van der Waals surface area contributed by atoms with Crippen LogP contribution in [0.5, 0.6) is 0 Å². The summed E-state index contributed by atoms with van der Waals surface area (Å²) < 4.78 is 0. The van der Waals surface area contributed by atoms with Gasteiger partial charge in [-0.1, -0.05) is 49.6 Å². The number of carbonyl (C=O) groups excluding carboxylic acids is 2. The van der Waals surface area contributed by atoms with Crippen LogP contribution < -0.4 is 0 Å². The van der Waals surface area contributed by atoms with Crippen molar-refractivity contribution in [2.45, 2.75) is 6.42 Å². The molecule has 0 spiro atoms. The van der Waals surface area contributed by atoms with Crippen molar-refractivity contribution in [2.24, 2.45) is 0 Å². The highest BCUT2D eigenvalue weighted by molar-refractivity contribution is 6.29. The number of hydrogen-bond acceptors (Lipinski definition) is 2. The second kappa shape index (κ2) is 4.34. The van der Waals surface area contributed by atoms with E-state index in [0.29, 0.717) is 22.3 Å². The molecule has 0 aliphatic heterocycles. The van der Waals surface area contributed by atoms with Gasteiger partial charge in [-0.15, -0.1) is 0 Å². The van der Waals surface area contributed by atoms with Gasteiger partial charge in [-0.2, -0.15) is 0 Å². The molecule has 0 heterocycles. The third-order valence-electron chi connectivity index (χ3n) is 2.81. The summed E-state index contributed by atoms with van der Waals surface area (Å²) in [5, 5.41) is 0. The van der Waals surface area contributed by atoms with E-state index in [0.717, 1.165) is 6.42 Å². The molecule has 2 nitrogen and oxygen atoms in total. The second-order valence-electron chi connectivity index (χ2n) is 3.76. The molecule has 0 saturated carbocycles. The zero-order valence-electron chi connectivity index (χ0n) is 9.40. The highest BCUT2D eigenvalue weighted by atomic mass is 16.1. The Bertz CT molecular complexity index is 503. The lowest BCUT2D eigenvalue weighted by molar-refractivity contribution is -0.115. The lowest BCUT2D eigenvalue weighted by Crippen LogP contribution is -2.20. The van der Waals surface area contributed by atoms with E-state index in [1.165, 1.54) is 12.2 Å². The van der Waals surface area contributed by atoms with Crippen molar-refractivity contribution in [3.63, 3.8) is 0 Å². The first-order chi connectivity index (χ1) is 8.20. The summed E-state index contributed by atoms with van der Waals surface area (Å²) in [6.45, 7) is 7.17. The van der Waals surface area contributed by atoms with Crippen LogP contribution in [0.1, 0.15) is 6.42 Å². The summed E-state index contributed by atoms with van der Waals surface area (Å²) in [6.07, 6.45) is 10.7. The van der Waals surface area contributed by atoms with Crippen LogP contribution in [0.15, 0.2) is 71.9 Å². The summed E-state index contributed by atoms with van der Waals surface area (Å²) in [4.78, 5) is 24.4. The predicted octanol–water partition coefficient (Wildman–Crippen LogP) is 2.62. The summed E-state index contributed by atoms with van der Waals surface area (Å²) >= 11 is 0. The van der Waals surface area contributed by atoms with Crippen molar-refractivity contribution in [3.8, 4) is 0 Å². The van der Waals surface area contributed by atoms with Crippen LogP contribution in [-0.4, -0.2) is 11.6 Å². The molecule has 0 aromatic carbocycles. The number of hydrogen-bond donors (Lipinski definition) is 0. The normalized spacial score (nSPS) is 19.3. The van der Waals surface area contributed by atoms with Gasteiger partial charge in [0.1, 0.15) is 0 Å². The SMILES string of the molecule is C=CC1=C(C=C)C(=O)C2=C(C=CCC=C2)C1=O. The highest BCUT2D eigenvalue weighted by Crippen LogP contribution is 2.29. The minimum atomic E-state index is -0.160. The third-order valence-corrected chi connectivity index (χ3v) is 2.81. The molecule has 0 amide bonds. The topological polar surface area (TPSA) is 34.1 Å². The van der Waals surface area contributed by atoms with Crippen LogP contribution in [0.4, 0.5) is 0 Å². The van der Waals surface area contributed by atoms with E-state index in [1.54, 1.807) is 12.2 Å². The van der Waals surface area contributed by atoms with Crippen LogP contribution in [0.25, 0.3) is 0 Å². The van der Waals surface area contributed by atoms with E-state index < -0.39 is 0 Å². The molecule has 0 atom stereocenters. The van der Waals surface area contributed by atoms with Gasteiger partial charge in [-0.25, -0.2) is 0 Å². The van der Waals surface area contributed by atoms with Crippen molar-refractivity contribution < 1.29 is 9.59 Å². The number of ketones is 2. The third kappa shape index (κ3) is 1.68. The Morgan fingerprint density at radius 1 is 0.882 bits per heavy atom. The molecule has 2 heteroatoms. The zero-order valence-corrected chi connectivity index (χ0v) is 9.40. The van der Waals surface area contributed by atoms with Crippen LogP contribution in [-0.2, 0) is 9.59 Å². The Labute approximate surface area is 100 Å². The Hall–Kier alpha value is -2.22. The Balaban J connectivity index is 2.68. The maximum atomic E-state index is 12.2. The Morgan fingerprint density at radius 2 is 1.29 bits per heavy atom. The molecule has 0 aromatic heterocycles. The molecule has 84 valence electrons. The predicted molar refractivity (Wildman–Crippen MR) is 67.4 cm³/mol. The Kier molecular flexibility index (Phi) is 2.88. The molecule has 0 N–H and O–H groups in total. The number of rotatable bonds is 2. The number of Topliss-reactive ketones (excluding diaryl/α,β-unsaturated/α-hetero) is 2. The first-order valence-electron chi connectivity index (χ1n) is 5.36. The highest BCUT2D eigenvalue weighted by Gasteiger charge is 2.29. The molecule has 17 heavy (non-hydrogen) atoms. The van der Waals surface area contributed by atoms with E-state index in [9.17, 15) is 9.59 Å². The molecule has 0 unspecified atom stereocenters. The average molecular weight is 224 g/mol. The first-order valence-corrected chi connectivity index (χ1v) is 5.36. The van der Waals surface area contributed by atoms with Crippen LogP contribution in [0.3, 0.4) is 0 Å². The molecule has 2 rings (SSSR count). The van der Waals surface area contributed by atoms with Crippen molar-refractivity contribution >= 4 is 11.6 Å². The van der Waals surface area contributed by atoms with Gasteiger partial charge in [-0.05, 0) is 6.42 Å². The molecule has 2 aliphatic rings. The fourth-order valence-electron chi connectivity index (χ4n) is 1.97. The van der Waals surface area contributed by atoms with Gasteiger partial charge >= 0.3 is 0 Å². The van der Waals surface area contributed by atoms with Gasteiger partial charge in [0.25, 0.3) is 0 Å². The van der Waals surface area contributed by atoms with Gasteiger partial charge in [0.15, 0.2) is 11.6 Å². The van der Waals surface area contributed by atoms with Crippen LogP contribution in [0, 0.1) is 0 Å². The average Bonchev–Trinajstić information content (AvgIpc) is 2.59. The summed E-state index contributed by atoms with van der Waals surface area (Å²) in [7, 11) is 0. The monoisotopic (exact) mass is 224 g/mol. The smallest absolute Gasteiger partial charge is 0.194 e. The van der Waals surface area contributed by atoms with E-state index >= 15 is 0 Å². The molecule has 0 bridgehead atoms. The van der Waals surface area contributed by atoms with Crippen LogP contribution >= 0.6 is 0 Å². The van der Waals surface area contributed by atoms with Gasteiger partial charge in [-0.3, -0.25) is 9.59 Å². The number of allylic oxidation sites excluding steroid dienone is 10. The molecular formula is C15H12O2. The van der Waals surface area contributed by atoms with Crippen molar-refractivity contribution in [2.75, 3.05) is 0 Å². The lowest BCUT2D eigenvalue weighted by atomic mass is 9.84. The molecule has 0 radical (unpaired) electrons. The van der Waals surface area contributed by atoms with Crippen molar-refractivity contribution in [1.82, 2.24) is 0 Å². The molecule has 0 saturated heterocycles. The van der Waals surface area contributed by atoms with Gasteiger partial charge in [0.05, 0.1) is 0 Å². The van der Waals surface area contributed by atoms with Gasteiger partial charge in [0, 0.05) is 22.3 Å². The lowest BCUT2D eigenvalue weighted by Gasteiger charge is -2.16. The van der Waals surface area contributed by atoms with Crippen molar-refractivity contribution in [1.29, 1.82) is 0 Å². The maximum absolute atomic E-state index is 12.2. The Morgan fingerprint density at radius 3 is 1.65 bits per heavy atom. The minimum Gasteiger partial charge on any atom is -0.289 e. The standard InChI is InChI=1S/C15H12O2/c1-3-10-11(4-2)15(17)13-9-7-5-6-8-12(13)14(10)16/h3-4,6-9H,1-2,5H2. The second-order valence-corrected chi connectivity index (χ2v) is 3.76. The van der Waals surface area contributed by atoms with Gasteiger partial charge in [0.2, 0.25) is 0 Å². The fourth-order valence-corrected chi connectivity index (χ4v) is 1.97. The quantitative estimate of drug-likeness (QED) is 0.676. The summed E-state index contributed by atoms with van der Waals surface area (Å²) in [5.74, 6) is -0.320. The summed E-state index contributed by atoms with van der Waals surface area (Å²) in [5.41, 5.74) is 1.57. The molecular weight excluding hydrogens is 212 g/mol. The van der Waals surface area contributed by atoms with E-state index in [-0.39, 0.29) is 11.6 Å². The largest absolute Gasteiger partial charge is 0.289 e. The first kappa shape index (κ1) is 11.3.